The summed E-state index contributed by atoms with van der Waals surface area (Å²) in [6.07, 6.45) is 2.83. The molecule has 0 bridgehead atoms. The van der Waals surface area contributed by atoms with Crippen molar-refractivity contribution in [3.63, 3.8) is 0 Å². The van der Waals surface area contributed by atoms with Gasteiger partial charge in [-0.15, -0.1) is 0 Å². The van der Waals surface area contributed by atoms with E-state index in [1.54, 1.807) is 7.05 Å². The van der Waals surface area contributed by atoms with E-state index in [1.165, 1.54) is 5.56 Å². The summed E-state index contributed by atoms with van der Waals surface area (Å²) in [5.74, 6) is 0.876. The summed E-state index contributed by atoms with van der Waals surface area (Å²) < 4.78 is 2.19. The molecule has 2 aromatic carbocycles. The average molecular weight is 434 g/mol. The van der Waals surface area contributed by atoms with Crippen molar-refractivity contribution in [1.82, 2.24) is 19.8 Å². The molecule has 0 radical (unpaired) electrons. The number of benzene rings is 2. The summed E-state index contributed by atoms with van der Waals surface area (Å²) in [4.78, 5) is 19.9. The van der Waals surface area contributed by atoms with Gasteiger partial charge in [0.2, 0.25) is 0 Å². The number of nitrogens with zero attached hydrogens (tertiary/aromatic N) is 3. The summed E-state index contributed by atoms with van der Waals surface area (Å²) in [5.41, 5.74) is 8.71. The van der Waals surface area contributed by atoms with Crippen molar-refractivity contribution >= 4 is 6.03 Å². The molecule has 0 aliphatic heterocycles. The van der Waals surface area contributed by atoms with Gasteiger partial charge in [0.25, 0.3) is 0 Å². The maximum Gasteiger partial charge on any atom is 0.317 e. The van der Waals surface area contributed by atoms with E-state index in [4.69, 9.17) is 10.7 Å². The Kier molecular flexibility index (Phi) is 7.70. The Morgan fingerprint density at radius 1 is 1.09 bits per heavy atom. The maximum atomic E-state index is 13.0. The Bertz CT molecular complexity index is 992. The molecule has 1 unspecified atom stereocenters. The van der Waals surface area contributed by atoms with Gasteiger partial charge in [0, 0.05) is 31.9 Å². The molecule has 1 aromatic heterocycles. The number of urea groups is 1. The molecule has 32 heavy (non-hydrogen) atoms. The Morgan fingerprint density at radius 3 is 2.28 bits per heavy atom. The van der Waals surface area contributed by atoms with Gasteiger partial charge >= 0.3 is 6.03 Å². The summed E-state index contributed by atoms with van der Waals surface area (Å²) in [6, 6.07) is 20.2. The number of imidazole rings is 1. The Balaban J connectivity index is 2.14. The Labute approximate surface area is 191 Å². The topological polar surface area (TPSA) is 76.2 Å². The zero-order valence-corrected chi connectivity index (χ0v) is 19.6. The molecule has 3 N–H and O–H groups in total. The number of rotatable bonds is 8. The third-order valence-electron chi connectivity index (χ3n) is 5.53. The van der Waals surface area contributed by atoms with Gasteiger partial charge in [0.15, 0.2) is 0 Å². The highest BCUT2D eigenvalue weighted by atomic mass is 16.2. The SMILES string of the molecule is CNC(=O)N(CCCN)C(c1nc(-c2ccccc2)cn1Cc1ccccc1)C(C)(C)C. The number of amides is 2. The van der Waals surface area contributed by atoms with Crippen molar-refractivity contribution in [2.45, 2.75) is 39.8 Å². The molecule has 6 nitrogen and oxygen atoms in total. The molecule has 0 aliphatic rings. The molecule has 1 atom stereocenters. The van der Waals surface area contributed by atoms with Crippen molar-refractivity contribution in [3.8, 4) is 11.3 Å². The second-order valence-electron chi connectivity index (χ2n) is 9.12. The van der Waals surface area contributed by atoms with Gasteiger partial charge in [-0.2, -0.15) is 0 Å². The van der Waals surface area contributed by atoms with E-state index in [2.05, 4.69) is 61.1 Å². The van der Waals surface area contributed by atoms with Crippen LogP contribution in [0.2, 0.25) is 0 Å². The van der Waals surface area contributed by atoms with Gasteiger partial charge in [-0.1, -0.05) is 81.4 Å². The minimum atomic E-state index is -0.241. The fourth-order valence-electron chi connectivity index (χ4n) is 4.05. The van der Waals surface area contributed by atoms with E-state index < -0.39 is 0 Å². The van der Waals surface area contributed by atoms with Crippen LogP contribution >= 0.6 is 0 Å². The molecule has 3 aromatic rings. The summed E-state index contributed by atoms with van der Waals surface area (Å²) in [7, 11) is 1.67. The fraction of sp³-hybridized carbons (Fsp3) is 0.385. The molecule has 0 aliphatic carbocycles. The van der Waals surface area contributed by atoms with Gasteiger partial charge in [-0.3, -0.25) is 0 Å². The van der Waals surface area contributed by atoms with Crippen LogP contribution in [0.5, 0.6) is 0 Å². The van der Waals surface area contributed by atoms with Gasteiger partial charge in [0.05, 0.1) is 11.7 Å². The first kappa shape index (κ1) is 23.5. The zero-order chi connectivity index (χ0) is 23.1. The highest BCUT2D eigenvalue weighted by Gasteiger charge is 2.37. The van der Waals surface area contributed by atoms with Crippen LogP contribution in [0, 0.1) is 5.41 Å². The number of nitrogens with one attached hydrogen (secondary N) is 1. The lowest BCUT2D eigenvalue weighted by molar-refractivity contribution is 0.109. The predicted molar refractivity (Wildman–Crippen MR) is 130 cm³/mol. The van der Waals surface area contributed by atoms with E-state index in [0.29, 0.717) is 19.6 Å². The van der Waals surface area contributed by atoms with Crippen molar-refractivity contribution in [2.75, 3.05) is 20.1 Å². The van der Waals surface area contributed by atoms with Crippen LogP contribution in [0.3, 0.4) is 0 Å². The van der Waals surface area contributed by atoms with Gasteiger partial charge in [-0.25, -0.2) is 9.78 Å². The van der Waals surface area contributed by atoms with E-state index >= 15 is 0 Å². The van der Waals surface area contributed by atoms with E-state index in [1.807, 2.05) is 41.3 Å². The third-order valence-corrected chi connectivity index (χ3v) is 5.53. The van der Waals surface area contributed by atoms with Crippen LogP contribution < -0.4 is 11.1 Å². The molecule has 6 heteroatoms. The van der Waals surface area contributed by atoms with Crippen LogP contribution in [-0.4, -0.2) is 40.6 Å². The van der Waals surface area contributed by atoms with Crippen LogP contribution in [-0.2, 0) is 6.54 Å². The predicted octanol–water partition coefficient (Wildman–Crippen LogP) is 4.68. The van der Waals surface area contributed by atoms with Gasteiger partial charge in [0.1, 0.15) is 5.82 Å². The first-order chi connectivity index (χ1) is 15.3. The molecule has 2 amide bonds. The van der Waals surface area contributed by atoms with E-state index in [-0.39, 0.29) is 17.5 Å². The monoisotopic (exact) mass is 433 g/mol. The normalized spacial score (nSPS) is 12.4. The lowest BCUT2D eigenvalue weighted by Gasteiger charge is -2.39. The number of carbonyl (C=O) groups excluding carboxylic acids is 1. The lowest BCUT2D eigenvalue weighted by Crippen LogP contribution is -2.47. The summed E-state index contributed by atoms with van der Waals surface area (Å²) >= 11 is 0. The van der Waals surface area contributed by atoms with E-state index in [0.717, 1.165) is 23.5 Å². The highest BCUT2D eigenvalue weighted by molar-refractivity contribution is 5.74. The van der Waals surface area contributed by atoms with Crippen LogP contribution in [0.25, 0.3) is 11.3 Å². The van der Waals surface area contributed by atoms with Crippen LogP contribution in [0.15, 0.2) is 66.9 Å². The third kappa shape index (κ3) is 5.56. The van der Waals surface area contributed by atoms with Crippen LogP contribution in [0.4, 0.5) is 4.79 Å². The van der Waals surface area contributed by atoms with Crippen LogP contribution in [0.1, 0.15) is 44.6 Å². The largest absolute Gasteiger partial charge is 0.341 e. The zero-order valence-electron chi connectivity index (χ0n) is 19.6. The number of hydrogen-bond donors (Lipinski definition) is 2. The quantitative estimate of drug-likeness (QED) is 0.542. The molecular weight excluding hydrogens is 398 g/mol. The van der Waals surface area contributed by atoms with Crippen molar-refractivity contribution < 1.29 is 4.79 Å². The molecular formula is C26H35N5O. The van der Waals surface area contributed by atoms with Gasteiger partial charge in [-0.05, 0) is 23.9 Å². The standard InChI is InChI=1S/C26H35N5O/c1-26(2,3)23(31(17-11-16-27)25(32)28-4)24-29-22(21-14-9-6-10-15-21)19-30(24)18-20-12-7-5-8-13-20/h5-10,12-15,19,23H,11,16-18,27H2,1-4H3,(H,28,32). The molecule has 170 valence electrons. The van der Waals surface area contributed by atoms with E-state index in [9.17, 15) is 4.79 Å². The van der Waals surface area contributed by atoms with Gasteiger partial charge < -0.3 is 20.5 Å². The molecule has 1 heterocycles. The minimum absolute atomic E-state index is 0.117. The Morgan fingerprint density at radius 2 is 1.72 bits per heavy atom. The number of nitrogens with two attached hydrogens (primary N) is 1. The maximum absolute atomic E-state index is 13.0. The summed E-state index contributed by atoms with van der Waals surface area (Å²) in [5, 5.41) is 2.81. The second-order valence-corrected chi connectivity index (χ2v) is 9.12. The fourth-order valence-corrected chi connectivity index (χ4v) is 4.05. The van der Waals surface area contributed by atoms with Crippen molar-refractivity contribution in [2.24, 2.45) is 11.1 Å². The minimum Gasteiger partial charge on any atom is -0.341 e. The average Bonchev–Trinajstić information content (AvgIpc) is 3.19. The lowest BCUT2D eigenvalue weighted by atomic mass is 9.84. The second kappa shape index (κ2) is 10.5. The highest BCUT2D eigenvalue weighted by Crippen LogP contribution is 2.39. The molecule has 0 spiro atoms. The summed E-state index contributed by atoms with van der Waals surface area (Å²) in [6.45, 7) is 8.23. The Hall–Kier alpha value is -3.12. The molecule has 0 saturated heterocycles. The molecule has 0 fully saturated rings. The molecule has 3 rings (SSSR count). The first-order valence-electron chi connectivity index (χ1n) is 11.2. The molecule has 0 saturated carbocycles. The number of aromatic nitrogens is 2. The number of carbonyl (C=O) groups is 1. The first-order valence-corrected chi connectivity index (χ1v) is 11.2. The van der Waals surface area contributed by atoms with Crippen molar-refractivity contribution in [1.29, 1.82) is 0 Å². The smallest absolute Gasteiger partial charge is 0.317 e. The van der Waals surface area contributed by atoms with Crippen molar-refractivity contribution in [3.05, 3.63) is 78.2 Å². The number of hydrogen-bond acceptors (Lipinski definition) is 3.